The zero-order chi connectivity index (χ0) is 12.5. The number of para-hydroxylation sites is 1. The summed E-state index contributed by atoms with van der Waals surface area (Å²) in [5, 5.41) is 5.17. The largest absolute Gasteiger partial charge is 0.473 e. The minimum atomic E-state index is -0.278. The van der Waals surface area contributed by atoms with Gasteiger partial charge in [-0.1, -0.05) is 25.1 Å². The molecule has 1 rings (SSSR count). The first-order valence-electron chi connectivity index (χ1n) is 5.56. The van der Waals surface area contributed by atoms with Crippen molar-refractivity contribution in [3.05, 3.63) is 29.8 Å². The van der Waals surface area contributed by atoms with E-state index in [-0.39, 0.29) is 12.8 Å². The van der Waals surface area contributed by atoms with Gasteiger partial charge in [0.2, 0.25) is 0 Å². The molecule has 5 heteroatoms. The third-order valence-corrected chi connectivity index (χ3v) is 2.38. The second-order valence-corrected chi connectivity index (χ2v) is 3.75. The first-order valence-corrected chi connectivity index (χ1v) is 6.09. The Labute approximate surface area is 106 Å². The van der Waals surface area contributed by atoms with E-state index < -0.39 is 0 Å². The summed E-state index contributed by atoms with van der Waals surface area (Å²) in [4.78, 5) is 11.2. The third kappa shape index (κ3) is 4.95. The maximum atomic E-state index is 11.2. The smallest absolute Gasteiger partial charge is 0.317 e. The summed E-state index contributed by atoms with van der Waals surface area (Å²) in [5.74, 6) is 1.19. The number of aryl methyl sites for hydroxylation is 1. The van der Waals surface area contributed by atoms with E-state index in [9.17, 15) is 4.79 Å². The van der Waals surface area contributed by atoms with Crippen LogP contribution in [-0.2, 0) is 6.42 Å². The average molecular weight is 257 g/mol. The number of urea groups is 1. The lowest BCUT2D eigenvalue weighted by Crippen LogP contribution is -2.38. The molecule has 0 unspecified atom stereocenters. The fourth-order valence-corrected chi connectivity index (χ4v) is 1.43. The average Bonchev–Trinajstić information content (AvgIpc) is 2.37. The minimum Gasteiger partial charge on any atom is -0.473 e. The summed E-state index contributed by atoms with van der Waals surface area (Å²) in [7, 11) is 0. The Bertz CT molecular complexity index is 358. The van der Waals surface area contributed by atoms with Crippen molar-refractivity contribution in [3.8, 4) is 5.75 Å². The van der Waals surface area contributed by atoms with Crippen molar-refractivity contribution in [2.45, 2.75) is 13.3 Å². The molecule has 0 radical (unpaired) electrons. The van der Waals surface area contributed by atoms with Gasteiger partial charge in [0.1, 0.15) is 5.75 Å². The number of rotatable bonds is 6. The van der Waals surface area contributed by atoms with E-state index in [1.807, 2.05) is 24.3 Å². The lowest BCUT2D eigenvalue weighted by molar-refractivity contribution is 0.224. The number of carbonyl (C=O) groups excluding carboxylic acids is 1. The maximum Gasteiger partial charge on any atom is 0.317 e. The van der Waals surface area contributed by atoms with Crippen LogP contribution in [0.4, 0.5) is 4.79 Å². The highest BCUT2D eigenvalue weighted by Gasteiger charge is 2.01. The van der Waals surface area contributed by atoms with Crippen molar-refractivity contribution in [1.29, 1.82) is 0 Å². The highest BCUT2D eigenvalue weighted by molar-refractivity contribution is 6.18. The lowest BCUT2D eigenvalue weighted by Gasteiger charge is -2.11. The Morgan fingerprint density at radius 2 is 2.12 bits per heavy atom. The van der Waals surface area contributed by atoms with Crippen LogP contribution in [0.5, 0.6) is 5.75 Å². The van der Waals surface area contributed by atoms with Crippen molar-refractivity contribution in [2.75, 3.05) is 19.2 Å². The number of alkyl halides is 1. The summed E-state index contributed by atoms with van der Waals surface area (Å²) < 4.78 is 5.47. The quantitative estimate of drug-likeness (QED) is 0.605. The van der Waals surface area contributed by atoms with Gasteiger partial charge in [0.05, 0.1) is 0 Å². The summed E-state index contributed by atoms with van der Waals surface area (Å²) in [6, 6.07) is 7.48. The van der Waals surface area contributed by atoms with Crippen LogP contribution in [0.2, 0.25) is 0 Å². The molecule has 1 aromatic rings. The summed E-state index contributed by atoms with van der Waals surface area (Å²) in [5.41, 5.74) is 1.12. The van der Waals surface area contributed by atoms with E-state index in [0.29, 0.717) is 12.4 Å². The van der Waals surface area contributed by atoms with Crippen LogP contribution in [0.3, 0.4) is 0 Å². The van der Waals surface area contributed by atoms with Crippen LogP contribution >= 0.6 is 11.6 Å². The second kappa shape index (κ2) is 7.79. The molecule has 2 N–H and O–H groups in total. The van der Waals surface area contributed by atoms with Crippen molar-refractivity contribution in [1.82, 2.24) is 10.6 Å². The summed E-state index contributed by atoms with van der Waals surface area (Å²) in [6.07, 6.45) is 0.897. The predicted molar refractivity (Wildman–Crippen MR) is 68.6 cm³/mol. The number of halogens is 1. The lowest BCUT2D eigenvalue weighted by atomic mass is 10.1. The van der Waals surface area contributed by atoms with E-state index in [1.54, 1.807) is 0 Å². The van der Waals surface area contributed by atoms with Gasteiger partial charge in [-0.3, -0.25) is 0 Å². The molecule has 0 spiro atoms. The molecule has 0 aliphatic rings. The van der Waals surface area contributed by atoms with E-state index in [2.05, 4.69) is 17.6 Å². The molecule has 0 saturated heterocycles. The molecule has 0 heterocycles. The molecule has 0 aliphatic carbocycles. The standard InChI is InChI=1S/C12H17ClN2O2/c1-2-10-5-3-4-6-11(10)17-9-15-12(16)14-8-7-13/h3-6H,2,7-9H2,1H3,(H2,14,15,16). The van der Waals surface area contributed by atoms with Gasteiger partial charge in [0.15, 0.2) is 6.73 Å². The summed E-state index contributed by atoms with van der Waals surface area (Å²) in [6.45, 7) is 2.65. The first-order chi connectivity index (χ1) is 8.27. The van der Waals surface area contributed by atoms with Gasteiger partial charge in [-0.15, -0.1) is 11.6 Å². The highest BCUT2D eigenvalue weighted by Crippen LogP contribution is 2.17. The molecule has 1 aromatic carbocycles. The second-order valence-electron chi connectivity index (χ2n) is 3.37. The zero-order valence-electron chi connectivity index (χ0n) is 9.83. The molecule has 0 atom stereocenters. The van der Waals surface area contributed by atoms with Crippen LogP contribution in [0.15, 0.2) is 24.3 Å². The van der Waals surface area contributed by atoms with Crippen LogP contribution in [0.25, 0.3) is 0 Å². The molecule has 0 aliphatic heterocycles. The number of carbonyl (C=O) groups is 1. The number of hydrogen-bond acceptors (Lipinski definition) is 2. The van der Waals surface area contributed by atoms with Gasteiger partial charge < -0.3 is 15.4 Å². The van der Waals surface area contributed by atoms with Crippen molar-refractivity contribution >= 4 is 17.6 Å². The Balaban J connectivity index is 2.33. The van der Waals surface area contributed by atoms with Gasteiger partial charge in [0, 0.05) is 12.4 Å². The Morgan fingerprint density at radius 3 is 2.82 bits per heavy atom. The van der Waals surface area contributed by atoms with E-state index in [0.717, 1.165) is 17.7 Å². The van der Waals surface area contributed by atoms with Crippen LogP contribution in [0.1, 0.15) is 12.5 Å². The van der Waals surface area contributed by atoms with Crippen LogP contribution in [0, 0.1) is 0 Å². The van der Waals surface area contributed by atoms with Gasteiger partial charge >= 0.3 is 6.03 Å². The van der Waals surface area contributed by atoms with E-state index >= 15 is 0 Å². The van der Waals surface area contributed by atoms with Gasteiger partial charge in [-0.2, -0.15) is 0 Å². The van der Waals surface area contributed by atoms with Crippen molar-refractivity contribution in [3.63, 3.8) is 0 Å². The minimum absolute atomic E-state index is 0.144. The summed E-state index contributed by atoms with van der Waals surface area (Å²) >= 11 is 5.44. The molecule has 4 nitrogen and oxygen atoms in total. The number of ether oxygens (including phenoxy) is 1. The molecule has 0 bridgehead atoms. The fourth-order valence-electron chi connectivity index (χ4n) is 1.34. The normalized spacial score (nSPS) is 9.76. The molecule has 0 saturated carbocycles. The van der Waals surface area contributed by atoms with E-state index in [4.69, 9.17) is 16.3 Å². The fraction of sp³-hybridized carbons (Fsp3) is 0.417. The van der Waals surface area contributed by atoms with Crippen molar-refractivity contribution < 1.29 is 9.53 Å². The third-order valence-electron chi connectivity index (χ3n) is 2.19. The molecular formula is C12H17ClN2O2. The number of nitrogens with one attached hydrogen (secondary N) is 2. The monoisotopic (exact) mass is 256 g/mol. The maximum absolute atomic E-state index is 11.2. The Morgan fingerprint density at radius 1 is 1.35 bits per heavy atom. The molecular weight excluding hydrogens is 240 g/mol. The number of benzene rings is 1. The van der Waals surface area contributed by atoms with Crippen molar-refractivity contribution in [2.24, 2.45) is 0 Å². The van der Waals surface area contributed by atoms with Crippen LogP contribution in [-0.4, -0.2) is 25.2 Å². The topological polar surface area (TPSA) is 50.4 Å². The molecule has 94 valence electrons. The van der Waals surface area contributed by atoms with Gasteiger partial charge in [-0.25, -0.2) is 4.79 Å². The first kappa shape index (κ1) is 13.6. The molecule has 2 amide bonds. The zero-order valence-corrected chi connectivity index (χ0v) is 10.6. The Hall–Kier alpha value is -1.42. The predicted octanol–water partition coefficient (Wildman–Crippen LogP) is 2.12. The number of hydrogen-bond donors (Lipinski definition) is 2. The Kier molecular flexibility index (Phi) is 6.25. The highest BCUT2D eigenvalue weighted by atomic mass is 35.5. The van der Waals surface area contributed by atoms with Gasteiger partial charge in [0.25, 0.3) is 0 Å². The van der Waals surface area contributed by atoms with E-state index in [1.165, 1.54) is 0 Å². The molecule has 17 heavy (non-hydrogen) atoms. The molecule has 0 fully saturated rings. The SMILES string of the molecule is CCc1ccccc1OCNC(=O)NCCCl. The van der Waals surface area contributed by atoms with Gasteiger partial charge in [-0.05, 0) is 18.1 Å². The molecule has 0 aromatic heterocycles. The number of amides is 2. The van der Waals surface area contributed by atoms with Crippen LogP contribution < -0.4 is 15.4 Å².